The Balaban J connectivity index is 1.77. The van der Waals surface area contributed by atoms with Crippen molar-refractivity contribution in [3.8, 4) is 0 Å². The van der Waals surface area contributed by atoms with Crippen molar-refractivity contribution in [3.63, 3.8) is 0 Å². The molecule has 2 aromatic carbocycles. The van der Waals surface area contributed by atoms with Crippen LogP contribution in [0, 0.1) is 0 Å². The lowest BCUT2D eigenvalue weighted by molar-refractivity contribution is 0.255. The zero-order valence-electron chi connectivity index (χ0n) is 11.4. The number of hydrogen-bond donors (Lipinski definition) is 0. The van der Waals surface area contributed by atoms with Crippen molar-refractivity contribution in [2.45, 2.75) is 19.3 Å². The first-order chi connectivity index (χ1) is 9.33. The summed E-state index contributed by atoms with van der Waals surface area (Å²) in [5.41, 5.74) is 2.52. The van der Waals surface area contributed by atoms with E-state index in [0.717, 1.165) is 6.54 Å². The third-order valence-electron chi connectivity index (χ3n) is 4.02. The van der Waals surface area contributed by atoms with E-state index in [1.165, 1.54) is 54.3 Å². The van der Waals surface area contributed by atoms with Crippen LogP contribution in [0.25, 0.3) is 16.3 Å². The molecule has 0 aromatic heterocycles. The molecule has 19 heavy (non-hydrogen) atoms. The fourth-order valence-corrected chi connectivity index (χ4v) is 2.89. The smallest absolute Gasteiger partial charge is 0.0233 e. The first kappa shape index (κ1) is 12.4. The molecule has 0 unspecified atom stereocenters. The molecule has 0 amide bonds. The molecule has 1 aliphatic rings. The second-order valence-corrected chi connectivity index (χ2v) is 5.50. The van der Waals surface area contributed by atoms with Crippen molar-refractivity contribution in [2.24, 2.45) is 0 Å². The van der Waals surface area contributed by atoms with Gasteiger partial charge in [0.1, 0.15) is 0 Å². The third kappa shape index (κ3) is 2.87. The van der Waals surface area contributed by atoms with E-state index in [-0.39, 0.29) is 0 Å². The van der Waals surface area contributed by atoms with E-state index < -0.39 is 0 Å². The lowest BCUT2D eigenvalue weighted by atomic mass is 10.0. The number of nitrogens with zero attached hydrogens (tertiary/aromatic N) is 1. The SMILES string of the molecule is C=C(CN1CCCCC1)c1ccc2ccccc2c1. The number of rotatable bonds is 3. The van der Waals surface area contributed by atoms with Crippen molar-refractivity contribution in [1.29, 1.82) is 0 Å². The summed E-state index contributed by atoms with van der Waals surface area (Å²) in [6.45, 7) is 7.75. The molecule has 0 saturated carbocycles. The highest BCUT2D eigenvalue weighted by Gasteiger charge is 2.11. The quantitative estimate of drug-likeness (QED) is 0.784. The number of benzene rings is 2. The Bertz CT molecular complexity index is 579. The number of likely N-dealkylation sites (tertiary alicyclic amines) is 1. The third-order valence-corrected chi connectivity index (χ3v) is 4.02. The molecular formula is C18H21N. The van der Waals surface area contributed by atoms with Crippen LogP contribution in [0.15, 0.2) is 49.0 Å². The van der Waals surface area contributed by atoms with Crippen LogP contribution in [0.5, 0.6) is 0 Å². The summed E-state index contributed by atoms with van der Waals surface area (Å²) in [5, 5.41) is 2.61. The highest BCUT2D eigenvalue weighted by atomic mass is 15.1. The molecule has 0 atom stereocenters. The highest BCUT2D eigenvalue weighted by molar-refractivity contribution is 5.86. The Morgan fingerprint density at radius 1 is 0.947 bits per heavy atom. The van der Waals surface area contributed by atoms with Crippen LogP contribution >= 0.6 is 0 Å². The van der Waals surface area contributed by atoms with Crippen molar-refractivity contribution >= 4 is 16.3 Å². The van der Waals surface area contributed by atoms with Crippen molar-refractivity contribution in [3.05, 3.63) is 54.6 Å². The minimum absolute atomic E-state index is 1.01. The zero-order chi connectivity index (χ0) is 13.1. The molecule has 0 bridgehead atoms. The molecule has 0 aliphatic carbocycles. The van der Waals surface area contributed by atoms with E-state index in [2.05, 4.69) is 53.9 Å². The van der Waals surface area contributed by atoms with Gasteiger partial charge in [0.05, 0.1) is 0 Å². The summed E-state index contributed by atoms with van der Waals surface area (Å²) >= 11 is 0. The van der Waals surface area contributed by atoms with Crippen molar-refractivity contribution in [1.82, 2.24) is 4.90 Å². The van der Waals surface area contributed by atoms with Crippen LogP contribution < -0.4 is 0 Å². The summed E-state index contributed by atoms with van der Waals surface area (Å²) in [4.78, 5) is 2.53. The van der Waals surface area contributed by atoms with E-state index in [1.807, 2.05) is 0 Å². The molecule has 0 radical (unpaired) electrons. The molecule has 1 heteroatoms. The van der Waals surface area contributed by atoms with Crippen LogP contribution in [-0.2, 0) is 0 Å². The van der Waals surface area contributed by atoms with Gasteiger partial charge < -0.3 is 0 Å². The molecule has 1 fully saturated rings. The number of hydrogen-bond acceptors (Lipinski definition) is 1. The lowest BCUT2D eigenvalue weighted by Crippen LogP contribution is -2.30. The van der Waals surface area contributed by atoms with Gasteiger partial charge in [0.15, 0.2) is 0 Å². The Labute approximate surface area is 115 Å². The second kappa shape index (κ2) is 5.58. The van der Waals surface area contributed by atoms with Gasteiger partial charge in [-0.3, -0.25) is 4.90 Å². The predicted molar refractivity (Wildman–Crippen MR) is 83.3 cm³/mol. The zero-order valence-corrected chi connectivity index (χ0v) is 11.4. The summed E-state index contributed by atoms with van der Waals surface area (Å²) < 4.78 is 0. The maximum Gasteiger partial charge on any atom is 0.0233 e. The van der Waals surface area contributed by atoms with Crippen LogP contribution in [-0.4, -0.2) is 24.5 Å². The van der Waals surface area contributed by atoms with Gasteiger partial charge in [0.2, 0.25) is 0 Å². The van der Waals surface area contributed by atoms with E-state index in [1.54, 1.807) is 0 Å². The normalized spacial score (nSPS) is 16.6. The van der Waals surface area contributed by atoms with Gasteiger partial charge in [-0.1, -0.05) is 49.4 Å². The average Bonchev–Trinajstić information content (AvgIpc) is 2.48. The molecule has 1 aliphatic heterocycles. The van der Waals surface area contributed by atoms with Crippen LogP contribution in [0.2, 0.25) is 0 Å². The summed E-state index contributed by atoms with van der Waals surface area (Å²) in [6, 6.07) is 15.2. The monoisotopic (exact) mass is 251 g/mol. The fraction of sp³-hybridized carbons (Fsp3) is 0.333. The minimum atomic E-state index is 1.01. The van der Waals surface area contributed by atoms with Gasteiger partial charge in [-0.15, -0.1) is 0 Å². The Hall–Kier alpha value is -1.60. The average molecular weight is 251 g/mol. The Morgan fingerprint density at radius 2 is 1.68 bits per heavy atom. The molecule has 3 rings (SSSR count). The van der Waals surface area contributed by atoms with Crippen LogP contribution in [0.4, 0.5) is 0 Å². The Morgan fingerprint density at radius 3 is 2.47 bits per heavy atom. The highest BCUT2D eigenvalue weighted by Crippen LogP contribution is 2.22. The number of fused-ring (bicyclic) bond motifs is 1. The predicted octanol–water partition coefficient (Wildman–Crippen LogP) is 4.34. The molecule has 98 valence electrons. The van der Waals surface area contributed by atoms with Gasteiger partial charge in [-0.05, 0) is 53.9 Å². The van der Waals surface area contributed by atoms with E-state index >= 15 is 0 Å². The summed E-state index contributed by atoms with van der Waals surface area (Å²) in [7, 11) is 0. The van der Waals surface area contributed by atoms with Crippen molar-refractivity contribution in [2.75, 3.05) is 19.6 Å². The minimum Gasteiger partial charge on any atom is -0.299 e. The van der Waals surface area contributed by atoms with E-state index in [0.29, 0.717) is 0 Å². The van der Waals surface area contributed by atoms with Gasteiger partial charge >= 0.3 is 0 Å². The Kier molecular flexibility index (Phi) is 3.65. The summed E-state index contributed by atoms with van der Waals surface area (Å²) in [5.74, 6) is 0. The van der Waals surface area contributed by atoms with E-state index in [9.17, 15) is 0 Å². The molecule has 1 heterocycles. The largest absolute Gasteiger partial charge is 0.299 e. The summed E-state index contributed by atoms with van der Waals surface area (Å²) in [6.07, 6.45) is 4.06. The first-order valence-corrected chi connectivity index (χ1v) is 7.22. The van der Waals surface area contributed by atoms with Gasteiger partial charge in [-0.2, -0.15) is 0 Å². The van der Waals surface area contributed by atoms with E-state index in [4.69, 9.17) is 0 Å². The second-order valence-electron chi connectivity index (χ2n) is 5.50. The van der Waals surface area contributed by atoms with Crippen LogP contribution in [0.1, 0.15) is 24.8 Å². The van der Waals surface area contributed by atoms with Crippen molar-refractivity contribution < 1.29 is 0 Å². The standard InChI is InChI=1S/C18H21N/c1-15(14-19-11-5-2-6-12-19)17-10-9-16-7-3-4-8-18(16)13-17/h3-4,7-10,13H,1-2,5-6,11-12,14H2. The maximum absolute atomic E-state index is 4.28. The van der Waals surface area contributed by atoms with Crippen LogP contribution in [0.3, 0.4) is 0 Å². The van der Waals surface area contributed by atoms with Gasteiger partial charge in [-0.25, -0.2) is 0 Å². The first-order valence-electron chi connectivity index (χ1n) is 7.22. The molecule has 2 aromatic rings. The fourth-order valence-electron chi connectivity index (χ4n) is 2.89. The molecule has 1 nitrogen and oxygen atoms in total. The maximum atomic E-state index is 4.28. The molecular weight excluding hydrogens is 230 g/mol. The topological polar surface area (TPSA) is 3.24 Å². The number of piperidine rings is 1. The lowest BCUT2D eigenvalue weighted by Gasteiger charge is -2.27. The van der Waals surface area contributed by atoms with Gasteiger partial charge in [0, 0.05) is 6.54 Å². The molecule has 0 spiro atoms. The van der Waals surface area contributed by atoms with Gasteiger partial charge in [0.25, 0.3) is 0 Å². The molecule has 1 saturated heterocycles. The molecule has 0 N–H and O–H groups in total.